The van der Waals surface area contributed by atoms with Crippen molar-refractivity contribution in [3.05, 3.63) is 59.7 Å². The first-order valence-electron chi connectivity index (χ1n) is 8.33. The number of benzene rings is 1. The minimum atomic E-state index is 0.340. The third-order valence-electron chi connectivity index (χ3n) is 4.12. The minimum absolute atomic E-state index is 0.340. The molecule has 0 saturated carbocycles. The summed E-state index contributed by atoms with van der Waals surface area (Å²) in [5.41, 5.74) is 2.68. The molecule has 1 aromatic carbocycles. The average molecular weight is 294 g/mol. The van der Waals surface area contributed by atoms with Crippen molar-refractivity contribution in [1.82, 2.24) is 0 Å². The molecule has 2 heteroatoms. The first-order valence-corrected chi connectivity index (χ1v) is 8.33. The molecule has 22 heavy (non-hydrogen) atoms. The van der Waals surface area contributed by atoms with E-state index in [2.05, 4.69) is 66.5 Å². The molecule has 0 aliphatic heterocycles. The Kier molecular flexibility index (Phi) is 6.82. The lowest BCUT2D eigenvalue weighted by Gasteiger charge is -2.13. The predicted molar refractivity (Wildman–Crippen MR) is 96.7 cm³/mol. The maximum atomic E-state index is 4.30. The van der Waals surface area contributed by atoms with Gasteiger partial charge in [-0.05, 0) is 36.8 Å². The van der Waals surface area contributed by atoms with Crippen LogP contribution in [-0.4, -0.2) is 12.4 Å². The van der Waals surface area contributed by atoms with Crippen molar-refractivity contribution in [2.45, 2.75) is 45.4 Å². The Morgan fingerprint density at radius 2 is 1.64 bits per heavy atom. The fourth-order valence-corrected chi connectivity index (χ4v) is 2.70. The Labute approximate surface area is 134 Å². The molecule has 0 radical (unpaired) electrons. The molecule has 0 heterocycles. The van der Waals surface area contributed by atoms with Gasteiger partial charge in [0.2, 0.25) is 0 Å². The van der Waals surface area contributed by atoms with Crippen molar-refractivity contribution < 1.29 is 0 Å². The zero-order valence-electron chi connectivity index (χ0n) is 13.7. The summed E-state index contributed by atoms with van der Waals surface area (Å²) in [6.07, 6.45) is 15.1. The molecule has 0 fully saturated rings. The second-order valence-electron chi connectivity index (χ2n) is 5.65. The van der Waals surface area contributed by atoms with Gasteiger partial charge in [-0.3, -0.25) is 0 Å². The van der Waals surface area contributed by atoms with Crippen molar-refractivity contribution in [3.63, 3.8) is 0 Å². The van der Waals surface area contributed by atoms with Crippen LogP contribution in [0.5, 0.6) is 0 Å². The van der Waals surface area contributed by atoms with E-state index in [0.29, 0.717) is 11.8 Å². The Morgan fingerprint density at radius 3 is 2.23 bits per heavy atom. The van der Waals surface area contributed by atoms with Crippen LogP contribution in [0, 0.1) is 5.92 Å². The number of nitrogens with zero attached hydrogens (tertiary/aromatic N) is 2. The zero-order chi connectivity index (χ0) is 15.6. The molecule has 0 spiro atoms. The molecular formula is C20H26N2. The number of rotatable bonds is 7. The maximum absolute atomic E-state index is 4.30. The van der Waals surface area contributed by atoms with Crippen molar-refractivity contribution in [3.8, 4) is 0 Å². The zero-order valence-corrected chi connectivity index (χ0v) is 13.7. The van der Waals surface area contributed by atoms with Crippen LogP contribution in [0.3, 0.4) is 0 Å². The molecule has 116 valence electrons. The normalized spacial score (nSPS) is 17.8. The summed E-state index contributed by atoms with van der Waals surface area (Å²) in [7, 11) is 0. The van der Waals surface area contributed by atoms with E-state index in [1.54, 1.807) is 0 Å². The lowest BCUT2D eigenvalue weighted by molar-refractivity contribution is 0.780. The highest BCUT2D eigenvalue weighted by atomic mass is 15.2. The Hall–Kier alpha value is -1.96. The van der Waals surface area contributed by atoms with Gasteiger partial charge in [-0.1, -0.05) is 62.4 Å². The van der Waals surface area contributed by atoms with E-state index in [4.69, 9.17) is 0 Å². The molecule has 2 unspecified atom stereocenters. The third-order valence-corrected chi connectivity index (χ3v) is 4.12. The molecule has 0 saturated heterocycles. The number of hydrogen-bond donors (Lipinski definition) is 0. The predicted octanol–water partition coefficient (Wildman–Crippen LogP) is 5.54. The van der Waals surface area contributed by atoms with Crippen LogP contribution in [0.25, 0.3) is 0 Å². The molecular weight excluding hydrogens is 268 g/mol. The summed E-state index contributed by atoms with van der Waals surface area (Å²) in [6, 6.07) is 10.5. The minimum Gasteiger partial charge on any atom is -0.163 e. The van der Waals surface area contributed by atoms with E-state index in [0.717, 1.165) is 25.7 Å². The number of allylic oxidation sites excluding steroid dienone is 4. The molecule has 0 bridgehead atoms. The topological polar surface area (TPSA) is 24.7 Å². The summed E-state index contributed by atoms with van der Waals surface area (Å²) in [5.74, 6) is 0.720. The van der Waals surface area contributed by atoms with Crippen molar-refractivity contribution in [2.24, 2.45) is 16.1 Å². The van der Waals surface area contributed by atoms with E-state index in [9.17, 15) is 0 Å². The van der Waals surface area contributed by atoms with E-state index >= 15 is 0 Å². The van der Waals surface area contributed by atoms with Crippen LogP contribution in [-0.2, 0) is 0 Å². The molecule has 1 aliphatic rings. The van der Waals surface area contributed by atoms with Gasteiger partial charge in [0, 0.05) is 24.3 Å². The quantitative estimate of drug-likeness (QED) is 0.466. The van der Waals surface area contributed by atoms with Gasteiger partial charge in [0.05, 0.1) is 0 Å². The SMILES string of the molecule is CCC(/C=N/N=C/C(CC)c1ccccc1)C1=CCCC=C1. The van der Waals surface area contributed by atoms with E-state index < -0.39 is 0 Å². The van der Waals surface area contributed by atoms with Gasteiger partial charge in [0.1, 0.15) is 0 Å². The number of hydrogen-bond acceptors (Lipinski definition) is 2. The van der Waals surface area contributed by atoms with Crippen LogP contribution in [0.4, 0.5) is 0 Å². The second-order valence-corrected chi connectivity index (χ2v) is 5.65. The monoisotopic (exact) mass is 294 g/mol. The third kappa shape index (κ3) is 4.80. The molecule has 0 aromatic heterocycles. The first kappa shape index (κ1) is 16.4. The van der Waals surface area contributed by atoms with Crippen LogP contribution >= 0.6 is 0 Å². The lowest BCUT2D eigenvalue weighted by atomic mass is 9.93. The van der Waals surface area contributed by atoms with Crippen LogP contribution in [0.15, 0.2) is 64.3 Å². The molecule has 0 N–H and O–H groups in total. The first-order chi connectivity index (χ1) is 10.8. The largest absolute Gasteiger partial charge is 0.163 e. The highest BCUT2D eigenvalue weighted by Gasteiger charge is 2.09. The smallest absolute Gasteiger partial charge is 0.0344 e. The molecule has 2 nitrogen and oxygen atoms in total. The highest BCUT2D eigenvalue weighted by Crippen LogP contribution is 2.20. The molecule has 2 rings (SSSR count). The summed E-state index contributed by atoms with van der Waals surface area (Å²) in [4.78, 5) is 0. The summed E-state index contributed by atoms with van der Waals surface area (Å²) in [6.45, 7) is 4.38. The van der Waals surface area contributed by atoms with Gasteiger partial charge in [0.25, 0.3) is 0 Å². The molecule has 1 aromatic rings. The van der Waals surface area contributed by atoms with Gasteiger partial charge in [-0.15, -0.1) is 0 Å². The van der Waals surface area contributed by atoms with Crippen LogP contribution < -0.4 is 0 Å². The van der Waals surface area contributed by atoms with Crippen molar-refractivity contribution in [2.75, 3.05) is 0 Å². The van der Waals surface area contributed by atoms with Gasteiger partial charge in [0.15, 0.2) is 0 Å². The highest BCUT2D eigenvalue weighted by molar-refractivity contribution is 5.70. The molecule has 2 atom stereocenters. The van der Waals surface area contributed by atoms with Gasteiger partial charge in [-0.25, -0.2) is 0 Å². The fraction of sp³-hybridized carbons (Fsp3) is 0.400. The lowest BCUT2D eigenvalue weighted by Crippen LogP contribution is -2.04. The van der Waals surface area contributed by atoms with Crippen molar-refractivity contribution >= 4 is 12.4 Å². The maximum Gasteiger partial charge on any atom is 0.0344 e. The summed E-state index contributed by atoms with van der Waals surface area (Å²) >= 11 is 0. The van der Waals surface area contributed by atoms with Gasteiger partial charge >= 0.3 is 0 Å². The fourth-order valence-electron chi connectivity index (χ4n) is 2.70. The second kappa shape index (κ2) is 9.14. The van der Waals surface area contributed by atoms with E-state index in [-0.39, 0.29) is 0 Å². The Morgan fingerprint density at radius 1 is 0.955 bits per heavy atom. The van der Waals surface area contributed by atoms with Crippen LogP contribution in [0.2, 0.25) is 0 Å². The Balaban J connectivity index is 1.97. The molecule has 0 amide bonds. The molecule has 1 aliphatic carbocycles. The van der Waals surface area contributed by atoms with Gasteiger partial charge < -0.3 is 0 Å². The van der Waals surface area contributed by atoms with Crippen LogP contribution in [0.1, 0.15) is 51.0 Å². The summed E-state index contributed by atoms with van der Waals surface area (Å²) in [5, 5.41) is 8.60. The van der Waals surface area contributed by atoms with Gasteiger partial charge in [-0.2, -0.15) is 10.2 Å². The van der Waals surface area contributed by atoms with E-state index in [1.165, 1.54) is 11.1 Å². The average Bonchev–Trinajstić information content (AvgIpc) is 2.60. The standard InChI is InChI=1S/C20H26N2/c1-3-17(19-11-7-5-8-12-19)15-21-22-16-18(4-2)20-13-9-6-10-14-20/h5,7-9,11-18H,3-4,6,10H2,1-2H3/b21-15+,22-16+. The van der Waals surface area contributed by atoms with E-state index in [1.807, 2.05) is 18.5 Å². The Bertz CT molecular complexity index is 552. The van der Waals surface area contributed by atoms with Crippen molar-refractivity contribution in [1.29, 1.82) is 0 Å². The summed E-state index contributed by atoms with van der Waals surface area (Å²) < 4.78 is 0.